The number of hydrogen-bond acceptors (Lipinski definition) is 2. The maximum Gasteiger partial charge on any atom is 0.298 e. The van der Waals surface area contributed by atoms with Crippen LogP contribution in [0.15, 0.2) is 89.0 Å². The minimum absolute atomic E-state index is 0.687. The van der Waals surface area contributed by atoms with E-state index in [1.54, 1.807) is 6.21 Å². The first-order valence-electron chi connectivity index (χ1n) is 8.78. The van der Waals surface area contributed by atoms with Crippen molar-refractivity contribution in [2.75, 3.05) is 0 Å². The van der Waals surface area contributed by atoms with Crippen molar-refractivity contribution < 1.29 is 4.98 Å². The van der Waals surface area contributed by atoms with E-state index in [-0.39, 0.29) is 0 Å². The molecule has 4 rings (SSSR count). The zero-order valence-corrected chi connectivity index (χ0v) is 15.0. The molecule has 0 amide bonds. The lowest BCUT2D eigenvalue weighted by atomic mass is 10.2. The Morgan fingerprint density at radius 3 is 2.44 bits per heavy atom. The highest BCUT2D eigenvalue weighted by Gasteiger charge is 2.07. The van der Waals surface area contributed by atoms with Crippen LogP contribution in [-0.2, 0) is 0 Å². The third kappa shape index (κ3) is 4.10. The van der Waals surface area contributed by atoms with E-state index in [1.165, 1.54) is 5.56 Å². The number of hydrazone groups is 1. The fourth-order valence-corrected chi connectivity index (χ4v) is 2.74. The fraction of sp³-hybridized carbons (Fsp3) is 0.0455. The van der Waals surface area contributed by atoms with E-state index in [0.717, 1.165) is 28.1 Å². The Bertz CT molecular complexity index is 1060. The molecular weight excluding hydrogens is 334 g/mol. The molecule has 5 heteroatoms. The second kappa shape index (κ2) is 7.66. The zero-order chi connectivity index (χ0) is 18.5. The number of imidazole rings is 1. The van der Waals surface area contributed by atoms with Gasteiger partial charge in [0, 0.05) is 5.56 Å². The fourth-order valence-electron chi connectivity index (χ4n) is 2.74. The van der Waals surface area contributed by atoms with E-state index in [0.29, 0.717) is 5.84 Å². The van der Waals surface area contributed by atoms with Gasteiger partial charge in [-0.3, -0.25) is 5.43 Å². The van der Waals surface area contributed by atoms with Crippen LogP contribution in [0.3, 0.4) is 0 Å². The molecule has 132 valence electrons. The highest BCUT2D eigenvalue weighted by molar-refractivity contribution is 6.00. The number of fused-ring (bicyclic) bond motifs is 1. The van der Waals surface area contributed by atoms with Crippen LogP contribution in [0.1, 0.15) is 17.0 Å². The lowest BCUT2D eigenvalue weighted by Gasteiger charge is -2.06. The Hall–Kier alpha value is -3.73. The molecule has 1 heterocycles. The number of aliphatic imine (C=N–C) groups is 1. The van der Waals surface area contributed by atoms with Crippen molar-refractivity contribution >= 4 is 28.8 Å². The minimum Gasteiger partial charge on any atom is -0.261 e. The summed E-state index contributed by atoms with van der Waals surface area (Å²) in [5, 5.41) is 4.36. The van der Waals surface area contributed by atoms with Gasteiger partial charge in [-0.25, -0.2) is 15.0 Å². The van der Waals surface area contributed by atoms with E-state index >= 15 is 0 Å². The average molecular weight is 354 g/mol. The summed E-state index contributed by atoms with van der Waals surface area (Å²) in [5.74, 6) is 1.50. The Balaban J connectivity index is 1.60. The molecule has 0 aliphatic rings. The molecule has 0 saturated carbocycles. The normalized spacial score (nSPS) is 12.0. The lowest BCUT2D eigenvalue weighted by Crippen LogP contribution is -2.19. The molecule has 0 radical (unpaired) electrons. The average Bonchev–Trinajstić information content (AvgIpc) is 3.12. The number of aryl methyl sites for hydroxylation is 1. The predicted molar refractivity (Wildman–Crippen MR) is 109 cm³/mol. The molecule has 0 atom stereocenters. The van der Waals surface area contributed by atoms with Gasteiger partial charge in [0.05, 0.1) is 5.69 Å². The van der Waals surface area contributed by atoms with Crippen LogP contribution in [-0.4, -0.2) is 17.0 Å². The molecule has 0 fully saturated rings. The van der Waals surface area contributed by atoms with Crippen LogP contribution in [0.25, 0.3) is 11.0 Å². The highest BCUT2D eigenvalue weighted by Crippen LogP contribution is 2.14. The Morgan fingerprint density at radius 2 is 1.67 bits per heavy atom. The molecule has 0 bridgehead atoms. The maximum atomic E-state index is 4.72. The van der Waals surface area contributed by atoms with Gasteiger partial charge >= 0.3 is 0 Å². The van der Waals surface area contributed by atoms with E-state index in [4.69, 9.17) is 4.99 Å². The highest BCUT2D eigenvalue weighted by atomic mass is 15.3. The zero-order valence-electron chi connectivity index (χ0n) is 15.0. The number of rotatable bonds is 4. The number of hydrogen-bond donors (Lipinski definition) is 2. The monoisotopic (exact) mass is 354 g/mol. The summed E-state index contributed by atoms with van der Waals surface area (Å²) in [4.78, 5) is 11.3. The van der Waals surface area contributed by atoms with Gasteiger partial charge in [-0.1, -0.05) is 60.2 Å². The SMILES string of the molecule is Cc1ccc(N=C(N/N=C/c2[nH]c3ccccc3[nH+]2)c2ccccc2)cc1. The number of amidine groups is 1. The summed E-state index contributed by atoms with van der Waals surface area (Å²) >= 11 is 0. The van der Waals surface area contributed by atoms with Crippen LogP contribution in [0.4, 0.5) is 5.69 Å². The Labute approximate surface area is 157 Å². The molecule has 4 aromatic rings. The van der Waals surface area contributed by atoms with Crippen LogP contribution in [0.2, 0.25) is 0 Å². The number of benzene rings is 3. The molecule has 3 N–H and O–H groups in total. The second-order valence-corrected chi connectivity index (χ2v) is 6.24. The van der Waals surface area contributed by atoms with Crippen molar-refractivity contribution in [2.45, 2.75) is 6.92 Å². The van der Waals surface area contributed by atoms with Crippen LogP contribution in [0.5, 0.6) is 0 Å². The van der Waals surface area contributed by atoms with Crippen molar-refractivity contribution in [3.63, 3.8) is 0 Å². The summed E-state index contributed by atoms with van der Waals surface area (Å²) in [5.41, 5.74) is 8.19. The molecule has 0 aliphatic carbocycles. The first-order valence-corrected chi connectivity index (χ1v) is 8.78. The topological polar surface area (TPSA) is 66.7 Å². The van der Waals surface area contributed by atoms with E-state index < -0.39 is 0 Å². The van der Waals surface area contributed by atoms with Gasteiger partial charge in [-0.05, 0) is 31.2 Å². The van der Waals surface area contributed by atoms with E-state index in [9.17, 15) is 0 Å². The Morgan fingerprint density at radius 1 is 0.926 bits per heavy atom. The molecule has 0 spiro atoms. The minimum atomic E-state index is 0.687. The van der Waals surface area contributed by atoms with Crippen molar-refractivity contribution in [2.24, 2.45) is 10.1 Å². The third-order valence-corrected chi connectivity index (χ3v) is 4.15. The number of para-hydroxylation sites is 2. The van der Waals surface area contributed by atoms with Gasteiger partial charge in [0.15, 0.2) is 16.9 Å². The number of nitrogens with one attached hydrogen (secondary N) is 3. The molecule has 0 unspecified atom stereocenters. The summed E-state index contributed by atoms with van der Waals surface area (Å²) in [6.07, 6.45) is 1.72. The van der Waals surface area contributed by atoms with Crippen LogP contribution >= 0.6 is 0 Å². The number of nitrogens with zero attached hydrogens (tertiary/aromatic N) is 2. The molecule has 1 aromatic heterocycles. The second-order valence-electron chi connectivity index (χ2n) is 6.24. The predicted octanol–water partition coefficient (Wildman–Crippen LogP) is 3.99. The number of aromatic nitrogens is 2. The molecule has 3 aromatic carbocycles. The van der Waals surface area contributed by atoms with Gasteiger partial charge in [0.1, 0.15) is 6.21 Å². The van der Waals surface area contributed by atoms with Crippen molar-refractivity contribution in [3.8, 4) is 0 Å². The molecule has 27 heavy (non-hydrogen) atoms. The lowest BCUT2D eigenvalue weighted by molar-refractivity contribution is -0.346. The van der Waals surface area contributed by atoms with E-state index in [2.05, 4.69) is 27.4 Å². The summed E-state index contributed by atoms with van der Waals surface area (Å²) < 4.78 is 0. The van der Waals surface area contributed by atoms with Crippen LogP contribution < -0.4 is 10.4 Å². The van der Waals surface area contributed by atoms with Gasteiger partial charge in [0.2, 0.25) is 0 Å². The first kappa shape index (κ1) is 16.7. The smallest absolute Gasteiger partial charge is 0.261 e. The van der Waals surface area contributed by atoms with Gasteiger partial charge < -0.3 is 0 Å². The van der Waals surface area contributed by atoms with Crippen molar-refractivity contribution in [1.82, 2.24) is 10.4 Å². The molecule has 5 nitrogen and oxygen atoms in total. The van der Waals surface area contributed by atoms with Crippen molar-refractivity contribution in [1.29, 1.82) is 0 Å². The molecular formula is C22H20N5+. The molecule has 0 aliphatic heterocycles. The summed E-state index contributed by atoms with van der Waals surface area (Å²) in [7, 11) is 0. The van der Waals surface area contributed by atoms with Crippen molar-refractivity contribution in [3.05, 3.63) is 95.8 Å². The summed E-state index contributed by atoms with van der Waals surface area (Å²) in [6.45, 7) is 2.06. The van der Waals surface area contributed by atoms with E-state index in [1.807, 2.05) is 78.9 Å². The summed E-state index contributed by atoms with van der Waals surface area (Å²) in [6, 6.07) is 26.1. The largest absolute Gasteiger partial charge is 0.298 e. The molecule has 0 saturated heterocycles. The van der Waals surface area contributed by atoms with Crippen LogP contribution in [0, 0.1) is 6.92 Å². The van der Waals surface area contributed by atoms with Gasteiger partial charge in [0.25, 0.3) is 5.82 Å². The first-order chi connectivity index (χ1) is 13.3. The maximum absolute atomic E-state index is 4.72. The van der Waals surface area contributed by atoms with Gasteiger partial charge in [-0.15, -0.1) is 0 Å². The quantitative estimate of drug-likeness (QED) is 0.325. The standard InChI is InChI=1S/C22H19N5/c1-16-11-13-18(14-12-16)24-22(17-7-3-2-4-8-17)27-23-15-21-25-19-9-5-6-10-20(19)26-21/h2-15H,1H3,(H,24,27)(H,25,26)/p+1/b23-15+. The van der Waals surface area contributed by atoms with Gasteiger partial charge in [-0.2, -0.15) is 5.10 Å². The third-order valence-electron chi connectivity index (χ3n) is 4.15. The Kier molecular flexibility index (Phi) is 4.74. The number of H-pyrrole nitrogens is 2. The number of aromatic amines is 2.